The maximum absolute atomic E-state index is 14.2. The topological polar surface area (TPSA) is 105 Å². The second-order valence-electron chi connectivity index (χ2n) is 11.0. The zero-order valence-corrected chi connectivity index (χ0v) is 24.9. The van der Waals surface area contributed by atoms with Gasteiger partial charge in [0.25, 0.3) is 0 Å². The Balaban J connectivity index is 1.49. The Morgan fingerprint density at radius 1 is 0.930 bits per heavy atom. The smallest absolute Gasteiger partial charge is 0.244 e. The Labute approximate surface area is 251 Å². The fourth-order valence-electron chi connectivity index (χ4n) is 5.54. The van der Waals surface area contributed by atoms with E-state index < -0.39 is 34.3 Å². The number of carbonyl (C=O) groups is 2. The fourth-order valence-corrected chi connectivity index (χ4v) is 6.38. The first-order valence-corrected chi connectivity index (χ1v) is 16.3. The molecule has 0 unspecified atom stereocenters. The van der Waals surface area contributed by atoms with Crippen LogP contribution in [-0.4, -0.2) is 56.8 Å². The van der Waals surface area contributed by atoms with Crippen LogP contribution in [0.25, 0.3) is 0 Å². The Kier molecular flexibility index (Phi) is 9.49. The molecule has 1 saturated carbocycles. The number of rotatable bonds is 11. The van der Waals surface area contributed by atoms with Gasteiger partial charge in [-0.25, -0.2) is 12.8 Å². The number of sulfonamides is 1. The number of fused-ring (bicyclic) bond motifs is 1. The van der Waals surface area contributed by atoms with Gasteiger partial charge < -0.3 is 19.7 Å². The third-order valence-electron chi connectivity index (χ3n) is 7.81. The highest BCUT2D eigenvalue weighted by Crippen LogP contribution is 2.36. The number of hydrogen-bond acceptors (Lipinski definition) is 6. The highest BCUT2D eigenvalue weighted by atomic mass is 32.2. The van der Waals surface area contributed by atoms with Crippen LogP contribution in [0.3, 0.4) is 0 Å². The van der Waals surface area contributed by atoms with Crippen LogP contribution >= 0.6 is 0 Å². The number of benzene rings is 3. The molecule has 1 aliphatic heterocycles. The van der Waals surface area contributed by atoms with Gasteiger partial charge in [0.2, 0.25) is 28.6 Å². The van der Waals surface area contributed by atoms with Crippen molar-refractivity contribution in [2.24, 2.45) is 0 Å². The van der Waals surface area contributed by atoms with Gasteiger partial charge in [0.05, 0.1) is 11.9 Å². The van der Waals surface area contributed by atoms with Gasteiger partial charge >= 0.3 is 0 Å². The van der Waals surface area contributed by atoms with Crippen molar-refractivity contribution in [2.45, 2.75) is 57.2 Å². The summed E-state index contributed by atoms with van der Waals surface area (Å²) >= 11 is 0. The average Bonchev–Trinajstić information content (AvgIpc) is 3.47. The summed E-state index contributed by atoms with van der Waals surface area (Å²) < 4.78 is 51.6. The largest absolute Gasteiger partial charge is 0.454 e. The number of ether oxygens (including phenoxy) is 2. The summed E-state index contributed by atoms with van der Waals surface area (Å²) in [4.78, 5) is 29.6. The molecule has 2 amide bonds. The molecule has 0 radical (unpaired) electrons. The molecule has 1 N–H and O–H groups in total. The molecule has 3 aromatic rings. The standard InChI is InChI=1S/C32H36FN3O6S/c1-43(39,40)36(27-16-17-29-30(19-27)42-22-41-29)21-31(37)35(20-24-12-14-25(33)15-13-24)28(18-23-8-4-2-5-9-23)32(38)34-26-10-6-3-7-11-26/h2,4-5,8-9,12-17,19,26,28H,3,6-7,10-11,18,20-22H2,1H3,(H,34,38)/t28-/m1/s1. The van der Waals surface area contributed by atoms with Crippen LogP contribution < -0.4 is 19.1 Å². The number of anilines is 1. The molecule has 3 aromatic carbocycles. The Morgan fingerprint density at radius 3 is 2.33 bits per heavy atom. The summed E-state index contributed by atoms with van der Waals surface area (Å²) in [5.74, 6) is -0.463. The summed E-state index contributed by atoms with van der Waals surface area (Å²) in [5, 5.41) is 3.16. The molecule has 1 fully saturated rings. The van der Waals surface area contributed by atoms with E-state index in [1.54, 1.807) is 24.3 Å². The number of nitrogens with one attached hydrogen (secondary N) is 1. The van der Waals surface area contributed by atoms with Crippen LogP contribution in [0.5, 0.6) is 11.5 Å². The Hall–Kier alpha value is -4.12. The molecule has 228 valence electrons. The summed E-state index contributed by atoms with van der Waals surface area (Å²) in [6, 6.07) is 18.8. The van der Waals surface area contributed by atoms with E-state index in [0.29, 0.717) is 17.1 Å². The predicted molar refractivity (Wildman–Crippen MR) is 161 cm³/mol. The van der Waals surface area contributed by atoms with Crippen LogP contribution in [0, 0.1) is 5.82 Å². The quantitative estimate of drug-likeness (QED) is 0.346. The average molecular weight is 610 g/mol. The molecule has 43 heavy (non-hydrogen) atoms. The van der Waals surface area contributed by atoms with Gasteiger partial charge in [-0.15, -0.1) is 0 Å². The highest BCUT2D eigenvalue weighted by molar-refractivity contribution is 7.92. The fraction of sp³-hybridized carbons (Fsp3) is 0.375. The molecule has 0 bridgehead atoms. The third kappa shape index (κ3) is 7.84. The summed E-state index contributed by atoms with van der Waals surface area (Å²) in [6.45, 7) is -0.561. The second kappa shape index (κ2) is 13.5. The molecule has 1 atom stereocenters. The molecular weight excluding hydrogens is 573 g/mol. The van der Waals surface area contributed by atoms with Gasteiger partial charge in [-0.1, -0.05) is 61.7 Å². The molecule has 5 rings (SSSR count). The summed E-state index contributed by atoms with van der Waals surface area (Å²) in [5.41, 5.74) is 1.68. The lowest BCUT2D eigenvalue weighted by molar-refractivity contribution is -0.140. The first-order valence-electron chi connectivity index (χ1n) is 14.4. The van der Waals surface area contributed by atoms with Crippen molar-refractivity contribution >= 4 is 27.5 Å². The molecule has 1 heterocycles. The first kappa shape index (κ1) is 30.3. The van der Waals surface area contributed by atoms with Gasteiger partial charge in [-0.3, -0.25) is 13.9 Å². The minimum absolute atomic E-state index is 0.00319. The lowest BCUT2D eigenvalue weighted by Gasteiger charge is -2.35. The summed E-state index contributed by atoms with van der Waals surface area (Å²) in [6.07, 6.45) is 6.12. The molecule has 0 saturated heterocycles. The van der Waals surface area contributed by atoms with Crippen molar-refractivity contribution < 1.29 is 31.9 Å². The van der Waals surface area contributed by atoms with E-state index in [2.05, 4.69) is 5.32 Å². The third-order valence-corrected chi connectivity index (χ3v) is 8.95. The maximum Gasteiger partial charge on any atom is 0.244 e. The second-order valence-corrected chi connectivity index (χ2v) is 12.9. The van der Waals surface area contributed by atoms with Crippen molar-refractivity contribution in [2.75, 3.05) is 23.9 Å². The summed E-state index contributed by atoms with van der Waals surface area (Å²) in [7, 11) is -3.93. The van der Waals surface area contributed by atoms with Crippen molar-refractivity contribution in [3.8, 4) is 11.5 Å². The molecular formula is C32H36FN3O6S. The molecule has 0 spiro atoms. The lowest BCUT2D eigenvalue weighted by atomic mass is 9.94. The van der Waals surface area contributed by atoms with Gasteiger partial charge in [0.1, 0.15) is 18.4 Å². The van der Waals surface area contributed by atoms with Gasteiger partial charge in [-0.2, -0.15) is 0 Å². The lowest BCUT2D eigenvalue weighted by Crippen LogP contribution is -2.55. The number of nitrogens with zero attached hydrogens (tertiary/aromatic N) is 2. The van der Waals surface area contributed by atoms with Crippen molar-refractivity contribution in [1.82, 2.24) is 10.2 Å². The van der Waals surface area contributed by atoms with Crippen molar-refractivity contribution in [3.63, 3.8) is 0 Å². The maximum atomic E-state index is 14.2. The number of amides is 2. The minimum atomic E-state index is -3.93. The van der Waals surface area contributed by atoms with Crippen LogP contribution in [-0.2, 0) is 32.6 Å². The minimum Gasteiger partial charge on any atom is -0.454 e. The van der Waals surface area contributed by atoms with Crippen LogP contribution in [0.2, 0.25) is 0 Å². The molecule has 2 aliphatic rings. The Bertz CT molecular complexity index is 1530. The SMILES string of the molecule is CS(=O)(=O)N(CC(=O)N(Cc1ccc(F)cc1)[C@H](Cc1ccccc1)C(=O)NC1CCCCC1)c1ccc2c(c1)OCO2. The Morgan fingerprint density at radius 2 is 1.63 bits per heavy atom. The van der Waals surface area contributed by atoms with E-state index in [-0.39, 0.29) is 37.4 Å². The van der Waals surface area contributed by atoms with Crippen molar-refractivity contribution in [1.29, 1.82) is 0 Å². The predicted octanol–water partition coefficient (Wildman–Crippen LogP) is 4.41. The molecule has 1 aliphatic carbocycles. The van der Waals surface area contributed by atoms with E-state index in [9.17, 15) is 22.4 Å². The van der Waals surface area contributed by atoms with Crippen molar-refractivity contribution in [3.05, 3.63) is 89.7 Å². The van der Waals surface area contributed by atoms with Gasteiger partial charge in [-0.05, 0) is 48.2 Å². The normalized spacial score (nSPS) is 15.5. The van der Waals surface area contributed by atoms with Crippen LogP contribution in [0.4, 0.5) is 10.1 Å². The number of hydrogen-bond donors (Lipinski definition) is 1. The molecule has 11 heteroatoms. The number of carbonyl (C=O) groups excluding carboxylic acids is 2. The van der Waals surface area contributed by atoms with E-state index >= 15 is 0 Å². The first-order chi connectivity index (χ1) is 20.7. The zero-order chi connectivity index (χ0) is 30.4. The van der Waals surface area contributed by atoms with Gasteiger partial charge in [0.15, 0.2) is 11.5 Å². The van der Waals surface area contributed by atoms with E-state index in [1.165, 1.54) is 23.1 Å². The van der Waals surface area contributed by atoms with Gasteiger partial charge in [0, 0.05) is 25.1 Å². The molecule has 0 aromatic heterocycles. The molecule has 9 nitrogen and oxygen atoms in total. The highest BCUT2D eigenvalue weighted by Gasteiger charge is 2.34. The van der Waals surface area contributed by atoms with E-state index in [4.69, 9.17) is 9.47 Å². The number of halogens is 1. The monoisotopic (exact) mass is 609 g/mol. The van der Waals surface area contributed by atoms with E-state index in [1.807, 2.05) is 30.3 Å². The van der Waals surface area contributed by atoms with Crippen LogP contribution in [0.15, 0.2) is 72.8 Å². The zero-order valence-electron chi connectivity index (χ0n) is 24.1. The van der Waals surface area contributed by atoms with Crippen LogP contribution in [0.1, 0.15) is 43.2 Å². The van der Waals surface area contributed by atoms with E-state index in [0.717, 1.165) is 48.2 Å².